The van der Waals surface area contributed by atoms with Crippen LogP contribution < -0.4 is 5.32 Å². The number of halogens is 3. The number of rotatable bonds is 7. The average Bonchev–Trinajstić information content (AvgIpc) is 2.93. The van der Waals surface area contributed by atoms with Gasteiger partial charge in [-0.3, -0.25) is 4.79 Å². The van der Waals surface area contributed by atoms with Gasteiger partial charge in [0.25, 0.3) is 5.91 Å². The number of anilines is 1. The highest BCUT2D eigenvalue weighted by atomic mass is 32.2. The molecule has 1 atom stereocenters. The van der Waals surface area contributed by atoms with Crippen LogP contribution in [-0.4, -0.2) is 30.3 Å². The van der Waals surface area contributed by atoms with Crippen molar-refractivity contribution in [2.75, 3.05) is 5.32 Å². The Balaban J connectivity index is 1.59. The van der Waals surface area contributed by atoms with Gasteiger partial charge in [0.15, 0.2) is 9.84 Å². The van der Waals surface area contributed by atoms with Crippen LogP contribution in [0.3, 0.4) is 0 Å². The topological polar surface area (TPSA) is 107 Å². The van der Waals surface area contributed by atoms with Crippen molar-refractivity contribution < 1.29 is 31.5 Å². The smallest absolute Gasteiger partial charge is 0.379 e. The summed E-state index contributed by atoms with van der Waals surface area (Å²) >= 11 is 0. The van der Waals surface area contributed by atoms with Crippen LogP contribution in [0.4, 0.5) is 18.9 Å². The largest absolute Gasteiger partial charge is 0.417 e. The van der Waals surface area contributed by atoms with E-state index in [1.165, 1.54) is 24.3 Å². The van der Waals surface area contributed by atoms with E-state index in [1.54, 1.807) is 48.5 Å². The Morgan fingerprint density at radius 1 is 0.949 bits per heavy atom. The van der Waals surface area contributed by atoms with E-state index in [-0.39, 0.29) is 42.7 Å². The summed E-state index contributed by atoms with van der Waals surface area (Å²) in [6.07, 6.45) is -4.01. The molecule has 1 amide bonds. The van der Waals surface area contributed by atoms with E-state index in [2.05, 4.69) is 5.32 Å². The normalized spacial score (nSPS) is 19.5. The van der Waals surface area contributed by atoms with Gasteiger partial charge in [0.1, 0.15) is 5.60 Å². The van der Waals surface area contributed by atoms with Gasteiger partial charge in [-0.15, -0.1) is 0 Å². The lowest BCUT2D eigenvalue weighted by molar-refractivity contribution is -0.142. The summed E-state index contributed by atoms with van der Waals surface area (Å²) in [4.78, 5) is 13.7. The van der Waals surface area contributed by atoms with E-state index in [1.807, 2.05) is 0 Å². The summed E-state index contributed by atoms with van der Waals surface area (Å²) in [5.74, 6) is -1.53. The fourth-order valence-corrected chi connectivity index (χ4v) is 6.98. The van der Waals surface area contributed by atoms with Crippen LogP contribution in [0.1, 0.15) is 42.4 Å². The number of nitrogens with zero attached hydrogens (tertiary/aromatic N) is 1. The summed E-state index contributed by atoms with van der Waals surface area (Å²) < 4.78 is 66.6. The number of nitrogens with one attached hydrogen (secondary N) is 1. The third kappa shape index (κ3) is 6.15. The summed E-state index contributed by atoms with van der Waals surface area (Å²) in [5, 5.41) is 22.6. The van der Waals surface area contributed by atoms with E-state index >= 15 is 0 Å². The van der Waals surface area contributed by atoms with Crippen LogP contribution in [0.5, 0.6) is 0 Å². The maximum Gasteiger partial charge on any atom is 0.417 e. The number of amides is 1. The molecule has 0 spiro atoms. The molecule has 0 heterocycles. The van der Waals surface area contributed by atoms with Crippen LogP contribution in [0, 0.1) is 17.2 Å². The number of hydrogen-bond donors (Lipinski definition) is 2. The molecule has 0 bridgehead atoms. The summed E-state index contributed by atoms with van der Waals surface area (Å²) in [5.41, 5.74) is -3.36. The lowest BCUT2D eigenvalue weighted by Crippen LogP contribution is -2.52. The third-order valence-corrected chi connectivity index (χ3v) is 9.55. The molecule has 204 valence electrons. The Morgan fingerprint density at radius 2 is 1.54 bits per heavy atom. The maximum absolute atomic E-state index is 13.5. The highest BCUT2D eigenvalue weighted by Gasteiger charge is 2.47. The van der Waals surface area contributed by atoms with Crippen molar-refractivity contribution in [3.63, 3.8) is 0 Å². The first kappa shape index (κ1) is 28.3. The molecule has 1 unspecified atom stereocenters. The molecule has 1 aliphatic carbocycles. The number of carbonyl (C=O) groups excluding carboxylic acids is 1. The van der Waals surface area contributed by atoms with E-state index < -0.39 is 49.8 Å². The van der Waals surface area contributed by atoms with Crippen LogP contribution >= 0.6 is 0 Å². The third-order valence-electron chi connectivity index (χ3n) is 7.27. The Kier molecular flexibility index (Phi) is 8.14. The fourth-order valence-electron chi connectivity index (χ4n) is 5.16. The SMILES string of the molecule is N#Cc1ccc(NC(=O)C(O)(Cc2ccccc2)C2CCC(S(=O)(=O)c3ccccc3)CC2)cc1C(F)(F)F. The van der Waals surface area contributed by atoms with Gasteiger partial charge in [-0.05, 0) is 67.5 Å². The molecule has 2 N–H and O–H groups in total. The summed E-state index contributed by atoms with van der Waals surface area (Å²) in [6, 6.07) is 21.1. The van der Waals surface area contributed by atoms with Crippen molar-refractivity contribution in [3.05, 3.63) is 95.6 Å². The van der Waals surface area contributed by atoms with Crippen molar-refractivity contribution in [1.29, 1.82) is 5.26 Å². The Bertz CT molecular complexity index is 1460. The average molecular weight is 557 g/mol. The lowest BCUT2D eigenvalue weighted by atomic mass is 9.73. The molecule has 1 aliphatic rings. The number of sulfone groups is 1. The molecule has 10 heteroatoms. The van der Waals surface area contributed by atoms with E-state index in [0.29, 0.717) is 11.6 Å². The van der Waals surface area contributed by atoms with Gasteiger partial charge < -0.3 is 10.4 Å². The zero-order valence-corrected chi connectivity index (χ0v) is 21.7. The van der Waals surface area contributed by atoms with Crippen LogP contribution in [0.2, 0.25) is 0 Å². The van der Waals surface area contributed by atoms with Crippen molar-refractivity contribution >= 4 is 21.4 Å². The first-order valence-electron chi connectivity index (χ1n) is 12.4. The van der Waals surface area contributed by atoms with E-state index in [4.69, 9.17) is 5.26 Å². The standard InChI is InChI=1S/C29H27F3N2O4S/c30-29(31,32)26-17-23(14-11-21(26)19-33)34-27(35)28(36,18-20-7-3-1-4-8-20)22-12-15-25(16-13-22)39(37,38)24-9-5-2-6-10-24/h1-11,14,17,22,25,36H,12-13,15-16,18H2,(H,34,35). The number of carbonyl (C=O) groups is 1. The number of alkyl halides is 3. The highest BCUT2D eigenvalue weighted by molar-refractivity contribution is 7.92. The van der Waals surface area contributed by atoms with Crippen molar-refractivity contribution in [2.24, 2.45) is 5.92 Å². The summed E-state index contributed by atoms with van der Waals surface area (Å²) in [6.45, 7) is 0. The zero-order chi connectivity index (χ0) is 28.3. The molecule has 1 saturated carbocycles. The van der Waals surface area contributed by atoms with Gasteiger partial charge in [0.2, 0.25) is 0 Å². The Hall–Kier alpha value is -3.68. The second-order valence-electron chi connectivity index (χ2n) is 9.74. The lowest BCUT2D eigenvalue weighted by Gasteiger charge is -2.39. The first-order valence-corrected chi connectivity index (χ1v) is 14.0. The predicted octanol–water partition coefficient (Wildman–Crippen LogP) is 5.52. The van der Waals surface area contributed by atoms with Gasteiger partial charge in [0, 0.05) is 12.1 Å². The quantitative estimate of drug-likeness (QED) is 0.398. The molecule has 0 aromatic heterocycles. The number of nitriles is 1. The van der Waals surface area contributed by atoms with Crippen molar-refractivity contribution in [1.82, 2.24) is 0 Å². The first-order chi connectivity index (χ1) is 18.4. The van der Waals surface area contributed by atoms with Gasteiger partial charge in [-0.2, -0.15) is 18.4 Å². The van der Waals surface area contributed by atoms with Crippen LogP contribution in [-0.2, 0) is 27.2 Å². The molecule has 3 aromatic rings. The number of hydrogen-bond acceptors (Lipinski definition) is 5. The maximum atomic E-state index is 13.5. The van der Waals surface area contributed by atoms with Crippen LogP contribution in [0.25, 0.3) is 0 Å². The number of aliphatic hydroxyl groups is 1. The molecule has 6 nitrogen and oxygen atoms in total. The summed E-state index contributed by atoms with van der Waals surface area (Å²) in [7, 11) is -3.60. The molecular formula is C29H27F3N2O4S. The molecule has 3 aromatic carbocycles. The minimum absolute atomic E-state index is 0.108. The van der Waals surface area contributed by atoms with E-state index in [0.717, 1.165) is 6.07 Å². The minimum atomic E-state index is -4.81. The molecule has 0 saturated heterocycles. The van der Waals surface area contributed by atoms with Gasteiger partial charge in [-0.1, -0.05) is 48.5 Å². The Labute approximate surface area is 225 Å². The molecule has 0 radical (unpaired) electrons. The Morgan fingerprint density at radius 3 is 2.10 bits per heavy atom. The van der Waals surface area contributed by atoms with Gasteiger partial charge in [0.05, 0.1) is 27.3 Å². The molecule has 39 heavy (non-hydrogen) atoms. The molecular weight excluding hydrogens is 529 g/mol. The fraction of sp³-hybridized carbons (Fsp3) is 0.310. The highest BCUT2D eigenvalue weighted by Crippen LogP contribution is 2.40. The zero-order valence-electron chi connectivity index (χ0n) is 20.9. The second kappa shape index (κ2) is 11.2. The van der Waals surface area contributed by atoms with Crippen molar-refractivity contribution in [3.8, 4) is 6.07 Å². The molecule has 0 aliphatic heterocycles. The minimum Gasteiger partial charge on any atom is -0.379 e. The van der Waals surface area contributed by atoms with E-state index in [9.17, 15) is 31.5 Å². The van der Waals surface area contributed by atoms with Gasteiger partial charge in [-0.25, -0.2) is 8.42 Å². The van der Waals surface area contributed by atoms with Crippen molar-refractivity contribution in [2.45, 2.75) is 54.0 Å². The number of benzene rings is 3. The second-order valence-corrected chi connectivity index (χ2v) is 12.0. The molecule has 1 fully saturated rings. The molecule has 4 rings (SSSR count). The monoisotopic (exact) mass is 556 g/mol. The van der Waals surface area contributed by atoms with Crippen LogP contribution in [0.15, 0.2) is 83.8 Å². The van der Waals surface area contributed by atoms with Gasteiger partial charge >= 0.3 is 6.18 Å². The predicted molar refractivity (Wildman–Crippen MR) is 139 cm³/mol.